The van der Waals surface area contributed by atoms with Crippen LogP contribution in [0.5, 0.6) is 0 Å². The Morgan fingerprint density at radius 3 is 0.912 bits per heavy atom. The van der Waals surface area contributed by atoms with E-state index >= 15 is 0 Å². The summed E-state index contributed by atoms with van der Waals surface area (Å²) < 4.78 is 59.7. The molecule has 68 heavy (non-hydrogen) atoms. The highest BCUT2D eigenvalue weighted by Gasteiger charge is 2.58. The zero-order valence-electron chi connectivity index (χ0n) is 35.2. The van der Waals surface area contributed by atoms with E-state index in [9.17, 15) is 107 Å². The van der Waals surface area contributed by atoms with E-state index in [1.807, 2.05) is 0 Å². The molecule has 32 heteroatoms. The normalized spacial score (nSPS) is 52.7. The molecule has 6 fully saturated rings. The van der Waals surface area contributed by atoms with Gasteiger partial charge < -0.3 is 154 Å². The number of hydrogen-bond acceptors (Lipinski definition) is 31. The lowest BCUT2D eigenvalue weighted by Gasteiger charge is -2.49. The minimum Gasteiger partial charge on any atom is -0.479 e. The third kappa shape index (κ3) is 11.1. The maximum Gasteiger partial charge on any atom is 0.335 e. The Balaban J connectivity index is 1.09. The van der Waals surface area contributed by atoms with Crippen LogP contribution in [0, 0.1) is 0 Å². The molecule has 0 aromatic carbocycles. The molecular weight excluding hydrogens is 944 g/mol. The van der Waals surface area contributed by atoms with Crippen molar-refractivity contribution < 1.29 is 159 Å². The van der Waals surface area contributed by atoms with Gasteiger partial charge in [-0.1, -0.05) is 0 Å². The van der Waals surface area contributed by atoms with E-state index in [-0.39, 0.29) is 0 Å². The van der Waals surface area contributed by atoms with Crippen molar-refractivity contribution in [2.75, 3.05) is 33.0 Å². The quantitative estimate of drug-likeness (QED) is 0.0683. The molecule has 6 rings (SSSR count). The first kappa shape index (κ1) is 55.6. The molecule has 0 aromatic rings. The van der Waals surface area contributed by atoms with Crippen LogP contribution in [-0.4, -0.2) is 325 Å². The lowest BCUT2D eigenvalue weighted by Crippen LogP contribution is -2.68. The van der Waals surface area contributed by atoms with Crippen LogP contribution in [0.3, 0.4) is 0 Å². The fourth-order valence-corrected chi connectivity index (χ4v) is 8.49. The number of aliphatic carboxylic acids is 1. The highest BCUT2D eigenvalue weighted by atomic mass is 16.8. The predicted molar refractivity (Wildman–Crippen MR) is 200 cm³/mol. The average molecular weight is 1000 g/mol. The predicted octanol–water partition coefficient (Wildman–Crippen LogP) is -14.0. The highest BCUT2D eigenvalue weighted by Crippen LogP contribution is 2.36. The molecule has 30 atom stereocenters. The third-order valence-electron chi connectivity index (χ3n) is 12.4. The van der Waals surface area contributed by atoms with Gasteiger partial charge in [0.15, 0.2) is 43.8 Å². The van der Waals surface area contributed by atoms with Crippen molar-refractivity contribution in [3.8, 4) is 0 Å². The zero-order chi connectivity index (χ0) is 50.2. The van der Waals surface area contributed by atoms with Crippen LogP contribution in [0.1, 0.15) is 0 Å². The van der Waals surface area contributed by atoms with Crippen LogP contribution in [-0.2, 0) is 56.9 Å². The first-order valence-electron chi connectivity index (χ1n) is 21.1. The molecule has 0 saturated carbocycles. The first-order valence-corrected chi connectivity index (χ1v) is 21.1. The summed E-state index contributed by atoms with van der Waals surface area (Å²) in [5.41, 5.74) is 0. The number of ether oxygens (including phenoxy) is 11. The van der Waals surface area contributed by atoms with Gasteiger partial charge in [-0.15, -0.1) is 0 Å². The van der Waals surface area contributed by atoms with E-state index < -0.39 is 223 Å². The molecule has 32 nitrogen and oxygen atoms in total. The van der Waals surface area contributed by atoms with Crippen LogP contribution in [0.15, 0.2) is 0 Å². The minimum atomic E-state index is -2.36. The smallest absolute Gasteiger partial charge is 0.335 e. The molecule has 20 N–H and O–H groups in total. The van der Waals surface area contributed by atoms with Gasteiger partial charge in [0, 0.05) is 0 Å². The molecule has 6 heterocycles. The van der Waals surface area contributed by atoms with E-state index in [0.29, 0.717) is 0 Å². The van der Waals surface area contributed by atoms with E-state index in [1.165, 1.54) is 0 Å². The summed E-state index contributed by atoms with van der Waals surface area (Å²) >= 11 is 0. The minimum absolute atomic E-state index is 0.859. The van der Waals surface area contributed by atoms with Crippen molar-refractivity contribution in [2.45, 2.75) is 184 Å². The Morgan fingerprint density at radius 1 is 0.309 bits per heavy atom. The number of carboxylic acid groups (broad SMARTS) is 1. The molecule has 0 spiro atoms. The van der Waals surface area contributed by atoms with Gasteiger partial charge >= 0.3 is 5.97 Å². The van der Waals surface area contributed by atoms with Gasteiger partial charge in [-0.25, -0.2) is 4.79 Å². The van der Waals surface area contributed by atoms with Gasteiger partial charge in [0.05, 0.1) is 33.0 Å². The Kier molecular flexibility index (Phi) is 19.2. The topological polar surface area (TPSA) is 523 Å². The third-order valence-corrected chi connectivity index (χ3v) is 12.4. The largest absolute Gasteiger partial charge is 0.479 e. The average Bonchev–Trinajstić information content (AvgIpc) is 3.32. The molecule has 6 aliphatic rings. The molecule has 16 unspecified atom stereocenters. The van der Waals surface area contributed by atoms with Gasteiger partial charge in [-0.05, 0) is 0 Å². The van der Waals surface area contributed by atoms with Crippen LogP contribution in [0.2, 0.25) is 0 Å². The summed E-state index contributed by atoms with van der Waals surface area (Å²) in [6, 6.07) is 0. The van der Waals surface area contributed by atoms with Gasteiger partial charge in [-0.3, -0.25) is 0 Å². The summed E-state index contributed by atoms with van der Waals surface area (Å²) in [5.74, 6) is -1.91. The summed E-state index contributed by atoms with van der Waals surface area (Å²) in [7, 11) is 0. The molecule has 0 amide bonds. The van der Waals surface area contributed by atoms with Gasteiger partial charge in [0.2, 0.25) is 0 Å². The summed E-state index contributed by atoms with van der Waals surface area (Å²) in [5, 5.41) is 209. The first-order chi connectivity index (χ1) is 32.1. The van der Waals surface area contributed by atoms with Gasteiger partial charge in [-0.2, -0.15) is 0 Å². The Labute approximate surface area is 382 Å². The second-order valence-corrected chi connectivity index (χ2v) is 16.8. The molecule has 6 aliphatic heterocycles. The Hall–Kier alpha value is -1.73. The maximum absolute atomic E-state index is 12.5. The number of rotatable bonds is 16. The SMILES string of the molecule is O=C(O)C1O[C@@H](O[C@@H]2C(CO)O[C@@H](O[C@@H]3C(CO)O[C@H](O[C@H]4C(CO)O[C@H](O)C(O)[C@H]4O)C(O)C3O)C(O)C2O)[C@@H](O)C(O)[C@@H]1O[C@H]1OC(CO)[C@H](O[C@H]2OC(CO)[C@@H](O)C(O)C2O)C(O)C1O. The number of hydrogen-bond donors (Lipinski definition) is 20. The highest BCUT2D eigenvalue weighted by molar-refractivity contribution is 5.73. The number of aliphatic hydroxyl groups is 19. The number of aliphatic hydroxyl groups excluding tert-OH is 19. The molecule has 0 radical (unpaired) electrons. The second-order valence-electron chi connectivity index (χ2n) is 16.8. The van der Waals surface area contributed by atoms with Gasteiger partial charge in [0.25, 0.3) is 0 Å². The van der Waals surface area contributed by atoms with Crippen molar-refractivity contribution in [3.05, 3.63) is 0 Å². The lowest BCUT2D eigenvalue weighted by atomic mass is 9.95. The summed E-state index contributed by atoms with van der Waals surface area (Å²) in [6.07, 6.45) is -59.6. The molecule has 6 saturated heterocycles. The monoisotopic (exact) mass is 1000 g/mol. The maximum atomic E-state index is 12.5. The summed E-state index contributed by atoms with van der Waals surface area (Å²) in [4.78, 5) is 12.5. The molecule has 396 valence electrons. The van der Waals surface area contributed by atoms with E-state index in [4.69, 9.17) is 52.1 Å². The standard InChI is InChI=1S/C36H60O32/c37-1-6-11(42)12(43)19(50)32(59-6)64-25-9(4-40)62-35(22(53)16(25)47)67-28-17(48)23(54)36(68-29(28)30(55)56)66-27-10(5-41)61-34(21(52)15(27)46)65-26-8(3-39)60-33(20(51)14(26)45)63-24-7(2-38)58-31(57)18(49)13(24)44/h6-29,31-54,57H,1-5H2,(H,55,56)/t6?,7?,8?,9?,10?,11-,12?,13-,14?,15?,16?,17?,18?,19?,20?,21?,22?,23+,24+,25+,26-,27-,28+,29?,31+,32-,33-,34+,35-,36-/m1/s1. The molecule has 0 aromatic heterocycles. The van der Waals surface area contributed by atoms with E-state index in [1.54, 1.807) is 0 Å². The van der Waals surface area contributed by atoms with Crippen LogP contribution < -0.4 is 0 Å². The fourth-order valence-electron chi connectivity index (χ4n) is 8.49. The van der Waals surface area contributed by atoms with Crippen molar-refractivity contribution in [1.82, 2.24) is 0 Å². The van der Waals surface area contributed by atoms with Crippen LogP contribution in [0.25, 0.3) is 0 Å². The number of carboxylic acids is 1. The fraction of sp³-hybridized carbons (Fsp3) is 0.972. The van der Waals surface area contributed by atoms with Crippen molar-refractivity contribution in [3.63, 3.8) is 0 Å². The van der Waals surface area contributed by atoms with Crippen LogP contribution >= 0.6 is 0 Å². The Morgan fingerprint density at radius 2 is 0.574 bits per heavy atom. The van der Waals surface area contributed by atoms with Crippen molar-refractivity contribution in [2.24, 2.45) is 0 Å². The van der Waals surface area contributed by atoms with Gasteiger partial charge in [0.1, 0.15) is 140 Å². The Bertz CT molecular complexity index is 1580. The molecule has 0 aliphatic carbocycles. The van der Waals surface area contributed by atoms with E-state index in [0.717, 1.165) is 0 Å². The lowest BCUT2D eigenvalue weighted by molar-refractivity contribution is -0.393. The van der Waals surface area contributed by atoms with E-state index in [2.05, 4.69) is 0 Å². The molecule has 0 bridgehead atoms. The zero-order valence-corrected chi connectivity index (χ0v) is 35.2. The number of carbonyl (C=O) groups is 1. The van der Waals surface area contributed by atoms with Crippen molar-refractivity contribution >= 4 is 5.97 Å². The van der Waals surface area contributed by atoms with Crippen molar-refractivity contribution in [1.29, 1.82) is 0 Å². The summed E-state index contributed by atoms with van der Waals surface area (Å²) in [6.45, 7) is -4.86. The second kappa shape index (κ2) is 23.4. The van der Waals surface area contributed by atoms with Crippen LogP contribution in [0.4, 0.5) is 0 Å². The molecular formula is C36H60O32.